The fourth-order valence-electron chi connectivity index (χ4n) is 3.77. The summed E-state index contributed by atoms with van der Waals surface area (Å²) in [6.45, 7) is 3.72. The van der Waals surface area contributed by atoms with Crippen LogP contribution in [-0.2, 0) is 19.1 Å². The van der Waals surface area contributed by atoms with Crippen LogP contribution in [0.15, 0.2) is 134 Å². The molecule has 0 saturated heterocycles. The first-order valence-corrected chi connectivity index (χ1v) is 17.3. The lowest BCUT2D eigenvalue weighted by atomic mass is 10.2. The summed E-state index contributed by atoms with van der Waals surface area (Å²) in [6, 6.07) is 0. The van der Waals surface area contributed by atoms with Crippen molar-refractivity contribution in [3.05, 3.63) is 134 Å². The molecule has 0 aromatic carbocycles. The predicted molar refractivity (Wildman–Crippen MR) is 200 cm³/mol. The summed E-state index contributed by atoms with van der Waals surface area (Å²) in [7, 11) is 0. The molecule has 1 unspecified atom stereocenters. The Kier molecular flexibility index (Phi) is 33.4. The Morgan fingerprint density at radius 3 is 1.40 bits per heavy atom. The lowest BCUT2D eigenvalue weighted by molar-refractivity contribution is -0.161. The van der Waals surface area contributed by atoms with E-state index in [2.05, 4.69) is 92.8 Å². The number of rotatable bonds is 28. The van der Waals surface area contributed by atoms with Crippen LogP contribution in [0.4, 0.5) is 0 Å². The molecule has 47 heavy (non-hydrogen) atoms. The van der Waals surface area contributed by atoms with Gasteiger partial charge in [0, 0.05) is 12.8 Å². The molecule has 0 aromatic rings. The fourth-order valence-corrected chi connectivity index (χ4v) is 3.77. The van der Waals surface area contributed by atoms with Crippen LogP contribution >= 0.6 is 0 Å². The molecule has 0 spiro atoms. The third-order valence-corrected chi connectivity index (χ3v) is 6.32. The molecule has 1 N–H and O–H groups in total. The number of esters is 2. The second kappa shape index (κ2) is 36.5. The van der Waals surface area contributed by atoms with Crippen molar-refractivity contribution < 1.29 is 24.2 Å². The highest BCUT2D eigenvalue weighted by Gasteiger charge is 2.15. The van der Waals surface area contributed by atoms with Crippen molar-refractivity contribution >= 4 is 11.9 Å². The SMILES string of the molecule is CC/C=C/C=C/C=C/C=C/C=C/CCCC(=O)OCC(CO)OC(=O)CCC/C=C/C/C=C/C/C=C/C/C=C/C/C=C/C/C=C/CC. The number of allylic oxidation sites excluding steroid dienone is 22. The third-order valence-electron chi connectivity index (χ3n) is 6.32. The highest BCUT2D eigenvalue weighted by molar-refractivity contribution is 5.70. The number of hydrogen-bond acceptors (Lipinski definition) is 5. The first kappa shape index (κ1) is 43.0. The van der Waals surface area contributed by atoms with Crippen LogP contribution < -0.4 is 0 Å². The van der Waals surface area contributed by atoms with Gasteiger partial charge in [0.1, 0.15) is 6.61 Å². The standard InChI is InChI=1S/C42H60O5/c1-3-5-7-9-11-13-15-17-18-19-20-21-22-23-25-27-29-31-33-35-37-42(45)47-40(38-43)39-46-41(44)36-34-32-30-28-26-24-16-14-12-10-8-6-4-2/h5-8,10-14,16-18,20-21,23-26,28-31,40,43H,3-4,9,15,19,22,27,32-39H2,1-2H3/b7-5+,8-6+,12-10+,13-11+,16-14+,18-17+,21-20+,25-23+,26-24+,30-28+,31-29+. The van der Waals surface area contributed by atoms with Gasteiger partial charge >= 0.3 is 11.9 Å². The Bertz CT molecular complexity index is 1090. The number of carbonyl (C=O) groups is 2. The number of carbonyl (C=O) groups excluding carboxylic acids is 2. The average Bonchev–Trinajstić information content (AvgIpc) is 3.07. The molecule has 0 fully saturated rings. The molecular weight excluding hydrogens is 584 g/mol. The molecule has 0 bridgehead atoms. The van der Waals surface area contributed by atoms with E-state index >= 15 is 0 Å². The molecule has 0 aliphatic carbocycles. The van der Waals surface area contributed by atoms with Crippen LogP contribution in [0.1, 0.15) is 97.3 Å². The number of hydrogen-bond donors (Lipinski definition) is 1. The van der Waals surface area contributed by atoms with Gasteiger partial charge in [-0.15, -0.1) is 0 Å². The summed E-state index contributed by atoms with van der Waals surface area (Å²) in [6.07, 6.45) is 55.2. The Morgan fingerprint density at radius 1 is 0.511 bits per heavy atom. The smallest absolute Gasteiger partial charge is 0.306 e. The average molecular weight is 645 g/mol. The molecule has 0 aliphatic heterocycles. The van der Waals surface area contributed by atoms with E-state index in [1.54, 1.807) is 0 Å². The Morgan fingerprint density at radius 2 is 0.915 bits per heavy atom. The van der Waals surface area contributed by atoms with Gasteiger partial charge in [0.2, 0.25) is 0 Å². The van der Waals surface area contributed by atoms with Crippen molar-refractivity contribution in [2.75, 3.05) is 13.2 Å². The second-order valence-corrected chi connectivity index (χ2v) is 10.6. The lowest BCUT2D eigenvalue weighted by Gasteiger charge is -2.15. The van der Waals surface area contributed by atoms with Gasteiger partial charge in [-0.2, -0.15) is 0 Å². The van der Waals surface area contributed by atoms with Crippen molar-refractivity contribution in [3.8, 4) is 0 Å². The first-order chi connectivity index (χ1) is 23.1. The van der Waals surface area contributed by atoms with Gasteiger partial charge in [-0.05, 0) is 70.6 Å². The molecule has 5 heteroatoms. The van der Waals surface area contributed by atoms with E-state index in [4.69, 9.17) is 9.47 Å². The highest BCUT2D eigenvalue weighted by Crippen LogP contribution is 2.05. The van der Waals surface area contributed by atoms with Crippen molar-refractivity contribution in [2.24, 2.45) is 0 Å². The Labute approximate surface area is 285 Å². The van der Waals surface area contributed by atoms with E-state index in [1.165, 1.54) is 0 Å². The van der Waals surface area contributed by atoms with E-state index in [1.807, 2.05) is 54.7 Å². The summed E-state index contributed by atoms with van der Waals surface area (Å²) in [5.74, 6) is -0.767. The Hall–Kier alpha value is -3.96. The van der Waals surface area contributed by atoms with E-state index in [0.717, 1.165) is 57.8 Å². The summed E-state index contributed by atoms with van der Waals surface area (Å²) < 4.78 is 10.5. The molecule has 0 amide bonds. The normalized spacial score (nSPS) is 13.9. The first-order valence-electron chi connectivity index (χ1n) is 17.3. The second-order valence-electron chi connectivity index (χ2n) is 10.6. The number of aliphatic hydroxyl groups excluding tert-OH is 1. The van der Waals surface area contributed by atoms with Gasteiger partial charge in [0.05, 0.1) is 6.61 Å². The van der Waals surface area contributed by atoms with Crippen LogP contribution in [-0.4, -0.2) is 36.4 Å². The molecule has 0 aromatic heterocycles. The summed E-state index contributed by atoms with van der Waals surface area (Å²) in [5.41, 5.74) is 0. The topological polar surface area (TPSA) is 72.8 Å². The molecule has 0 saturated carbocycles. The quantitative estimate of drug-likeness (QED) is 0.0397. The zero-order valence-electron chi connectivity index (χ0n) is 29.0. The Balaban J connectivity index is 3.88. The van der Waals surface area contributed by atoms with Crippen LogP contribution in [0.2, 0.25) is 0 Å². The number of aliphatic hydroxyl groups is 1. The van der Waals surface area contributed by atoms with Gasteiger partial charge in [-0.25, -0.2) is 0 Å². The molecule has 258 valence electrons. The van der Waals surface area contributed by atoms with Gasteiger partial charge in [-0.3, -0.25) is 9.59 Å². The van der Waals surface area contributed by atoms with Crippen molar-refractivity contribution in [1.82, 2.24) is 0 Å². The lowest BCUT2D eigenvalue weighted by Crippen LogP contribution is -2.28. The summed E-state index contributed by atoms with van der Waals surface area (Å²) in [5, 5.41) is 9.50. The van der Waals surface area contributed by atoms with Crippen LogP contribution in [0.5, 0.6) is 0 Å². The molecule has 0 radical (unpaired) electrons. The highest BCUT2D eigenvalue weighted by atomic mass is 16.6. The molecular formula is C42H60O5. The monoisotopic (exact) mass is 644 g/mol. The van der Waals surface area contributed by atoms with E-state index in [-0.39, 0.29) is 32.0 Å². The molecule has 1 atom stereocenters. The zero-order chi connectivity index (χ0) is 34.3. The predicted octanol–water partition coefficient (Wildman–Crippen LogP) is 10.7. The minimum Gasteiger partial charge on any atom is -0.462 e. The minimum absolute atomic E-state index is 0.137. The van der Waals surface area contributed by atoms with Crippen LogP contribution in [0.3, 0.4) is 0 Å². The van der Waals surface area contributed by atoms with Crippen molar-refractivity contribution in [1.29, 1.82) is 0 Å². The maximum Gasteiger partial charge on any atom is 0.306 e. The van der Waals surface area contributed by atoms with Gasteiger partial charge in [-0.1, -0.05) is 148 Å². The maximum atomic E-state index is 12.1. The van der Waals surface area contributed by atoms with Crippen molar-refractivity contribution in [3.63, 3.8) is 0 Å². The van der Waals surface area contributed by atoms with E-state index < -0.39 is 12.1 Å². The van der Waals surface area contributed by atoms with Crippen LogP contribution in [0.25, 0.3) is 0 Å². The molecule has 0 rings (SSSR count). The maximum absolute atomic E-state index is 12.1. The largest absolute Gasteiger partial charge is 0.462 e. The van der Waals surface area contributed by atoms with E-state index in [0.29, 0.717) is 12.8 Å². The number of unbranched alkanes of at least 4 members (excludes halogenated alkanes) is 2. The fraction of sp³-hybridized carbons (Fsp3) is 0.429. The van der Waals surface area contributed by atoms with Gasteiger partial charge in [0.25, 0.3) is 0 Å². The van der Waals surface area contributed by atoms with Crippen LogP contribution in [0, 0.1) is 0 Å². The van der Waals surface area contributed by atoms with Gasteiger partial charge < -0.3 is 14.6 Å². The van der Waals surface area contributed by atoms with Gasteiger partial charge in [0.15, 0.2) is 6.10 Å². The summed E-state index contributed by atoms with van der Waals surface area (Å²) in [4.78, 5) is 24.1. The van der Waals surface area contributed by atoms with E-state index in [9.17, 15) is 14.7 Å². The molecule has 0 aliphatic rings. The third kappa shape index (κ3) is 34.8. The molecule has 5 nitrogen and oxygen atoms in total. The number of ether oxygens (including phenoxy) is 2. The minimum atomic E-state index is -0.840. The van der Waals surface area contributed by atoms with Crippen molar-refractivity contribution in [2.45, 2.75) is 103 Å². The molecule has 0 heterocycles. The summed E-state index contributed by atoms with van der Waals surface area (Å²) >= 11 is 0. The zero-order valence-corrected chi connectivity index (χ0v) is 29.0.